The molecule has 5 nitrogen and oxygen atoms in total. The number of nitroso groups, excluding NO2 is 1. The molecular formula is C14H26N2O3. The Labute approximate surface area is 115 Å². The van der Waals surface area contributed by atoms with Crippen LogP contribution in [0.1, 0.15) is 70.6 Å². The number of hydrogen-bond acceptors (Lipinski definition) is 4. The fourth-order valence-corrected chi connectivity index (χ4v) is 2.94. The standard InChI is InChI=1S/C14H26N2O3/c17-14(16-19)11-7-2-1-6-10-13(15-18)12-8-4-3-5-9-12/h12-13,19H,1-11H2,(H,16,17). The maximum atomic E-state index is 10.9. The van der Waals surface area contributed by atoms with Crippen LogP contribution >= 0.6 is 0 Å². The molecule has 0 aromatic carbocycles. The number of hydrogen-bond donors (Lipinski definition) is 2. The summed E-state index contributed by atoms with van der Waals surface area (Å²) in [6.07, 6.45) is 11.1. The van der Waals surface area contributed by atoms with Crippen LogP contribution in [0, 0.1) is 10.8 Å². The molecule has 1 aliphatic rings. The van der Waals surface area contributed by atoms with Gasteiger partial charge in [0.25, 0.3) is 0 Å². The predicted molar refractivity (Wildman–Crippen MR) is 73.8 cm³/mol. The molecule has 2 N–H and O–H groups in total. The number of rotatable bonds is 9. The Kier molecular flexibility index (Phi) is 8.38. The van der Waals surface area contributed by atoms with Crippen molar-refractivity contribution >= 4 is 5.91 Å². The van der Waals surface area contributed by atoms with Gasteiger partial charge in [0, 0.05) is 6.42 Å². The maximum absolute atomic E-state index is 10.9. The third-order valence-electron chi connectivity index (χ3n) is 4.11. The van der Waals surface area contributed by atoms with Gasteiger partial charge in [0.2, 0.25) is 5.91 Å². The molecule has 0 bridgehead atoms. The summed E-state index contributed by atoms with van der Waals surface area (Å²) in [5.41, 5.74) is 1.63. The zero-order chi connectivity index (χ0) is 13.9. The van der Waals surface area contributed by atoms with Gasteiger partial charge in [-0.05, 0) is 31.6 Å². The summed E-state index contributed by atoms with van der Waals surface area (Å²) in [5, 5.41) is 11.7. The van der Waals surface area contributed by atoms with Gasteiger partial charge in [0.05, 0.1) is 6.04 Å². The summed E-state index contributed by atoms with van der Waals surface area (Å²) in [5.74, 6) is 0.182. The van der Waals surface area contributed by atoms with Crippen molar-refractivity contribution in [3.63, 3.8) is 0 Å². The first-order valence-electron chi connectivity index (χ1n) is 7.53. The molecule has 0 aliphatic heterocycles. The smallest absolute Gasteiger partial charge is 0.243 e. The minimum Gasteiger partial charge on any atom is -0.289 e. The Morgan fingerprint density at radius 1 is 1.16 bits per heavy atom. The van der Waals surface area contributed by atoms with E-state index in [2.05, 4.69) is 5.18 Å². The van der Waals surface area contributed by atoms with E-state index in [0.717, 1.165) is 44.9 Å². The Hall–Kier alpha value is -0.970. The van der Waals surface area contributed by atoms with Crippen LogP contribution in [0.5, 0.6) is 0 Å². The van der Waals surface area contributed by atoms with Gasteiger partial charge < -0.3 is 0 Å². The molecule has 0 radical (unpaired) electrons. The molecule has 1 atom stereocenters. The summed E-state index contributed by atoms with van der Waals surface area (Å²) in [7, 11) is 0. The van der Waals surface area contributed by atoms with Gasteiger partial charge in [0.15, 0.2) is 0 Å². The Morgan fingerprint density at radius 2 is 1.84 bits per heavy atom. The Balaban J connectivity index is 2.06. The van der Waals surface area contributed by atoms with Crippen molar-refractivity contribution in [3.8, 4) is 0 Å². The van der Waals surface area contributed by atoms with E-state index in [9.17, 15) is 9.70 Å². The summed E-state index contributed by atoms with van der Waals surface area (Å²) < 4.78 is 0. The van der Waals surface area contributed by atoms with Crippen molar-refractivity contribution in [3.05, 3.63) is 4.91 Å². The molecule has 0 heterocycles. The lowest BCUT2D eigenvalue weighted by Crippen LogP contribution is -2.21. The van der Waals surface area contributed by atoms with Gasteiger partial charge in [-0.1, -0.05) is 43.7 Å². The molecule has 5 heteroatoms. The number of carbonyl (C=O) groups is 1. The zero-order valence-corrected chi connectivity index (χ0v) is 11.6. The van der Waals surface area contributed by atoms with E-state index in [1.54, 1.807) is 5.48 Å². The maximum Gasteiger partial charge on any atom is 0.243 e. The Bertz CT molecular complexity index is 265. The molecule has 1 amide bonds. The quantitative estimate of drug-likeness (QED) is 0.291. The van der Waals surface area contributed by atoms with Crippen LogP contribution in [0.2, 0.25) is 0 Å². The van der Waals surface area contributed by atoms with Gasteiger partial charge in [-0.3, -0.25) is 10.0 Å². The third-order valence-corrected chi connectivity index (χ3v) is 4.11. The lowest BCUT2D eigenvalue weighted by molar-refractivity contribution is -0.129. The van der Waals surface area contributed by atoms with Crippen LogP contribution in [0.4, 0.5) is 0 Å². The van der Waals surface area contributed by atoms with Gasteiger partial charge in [-0.2, -0.15) is 4.91 Å². The second kappa shape index (κ2) is 9.89. The molecule has 1 rings (SSSR count). The highest BCUT2D eigenvalue weighted by Crippen LogP contribution is 2.30. The minimum absolute atomic E-state index is 0.000963. The molecule has 0 spiro atoms. The second-order valence-electron chi connectivity index (χ2n) is 5.56. The molecule has 1 unspecified atom stereocenters. The third kappa shape index (κ3) is 6.66. The highest BCUT2D eigenvalue weighted by Gasteiger charge is 2.23. The number of nitrogens with one attached hydrogen (secondary N) is 1. The van der Waals surface area contributed by atoms with Crippen molar-refractivity contribution in [2.75, 3.05) is 0 Å². The van der Waals surface area contributed by atoms with Crippen LogP contribution in [-0.4, -0.2) is 17.2 Å². The fourth-order valence-electron chi connectivity index (χ4n) is 2.94. The summed E-state index contributed by atoms with van der Waals surface area (Å²) in [6.45, 7) is 0. The normalized spacial score (nSPS) is 17.9. The molecule has 110 valence electrons. The first kappa shape index (κ1) is 16.1. The molecule has 0 aromatic heterocycles. The predicted octanol–water partition coefficient (Wildman–Crippen LogP) is 3.55. The molecule has 0 saturated heterocycles. The van der Waals surface area contributed by atoms with E-state index in [4.69, 9.17) is 5.21 Å². The molecular weight excluding hydrogens is 244 g/mol. The van der Waals surface area contributed by atoms with Crippen LogP contribution in [0.15, 0.2) is 5.18 Å². The highest BCUT2D eigenvalue weighted by atomic mass is 16.5. The summed E-state index contributed by atoms with van der Waals surface area (Å²) in [4.78, 5) is 21.7. The molecule has 1 saturated carbocycles. The van der Waals surface area contributed by atoms with Crippen molar-refractivity contribution in [1.29, 1.82) is 0 Å². The largest absolute Gasteiger partial charge is 0.289 e. The van der Waals surface area contributed by atoms with E-state index in [0.29, 0.717) is 12.3 Å². The minimum atomic E-state index is -0.324. The van der Waals surface area contributed by atoms with E-state index in [-0.39, 0.29) is 11.9 Å². The Morgan fingerprint density at radius 3 is 2.47 bits per heavy atom. The van der Waals surface area contributed by atoms with E-state index >= 15 is 0 Å². The zero-order valence-electron chi connectivity index (χ0n) is 11.6. The first-order valence-corrected chi connectivity index (χ1v) is 7.53. The van der Waals surface area contributed by atoms with Crippen LogP contribution in [0.25, 0.3) is 0 Å². The molecule has 1 aliphatic carbocycles. The highest BCUT2D eigenvalue weighted by molar-refractivity contribution is 5.74. The lowest BCUT2D eigenvalue weighted by Gasteiger charge is -2.25. The molecule has 1 fully saturated rings. The van der Waals surface area contributed by atoms with Crippen molar-refractivity contribution in [1.82, 2.24) is 5.48 Å². The second-order valence-corrected chi connectivity index (χ2v) is 5.56. The number of hydroxylamine groups is 1. The van der Waals surface area contributed by atoms with Crippen LogP contribution in [0.3, 0.4) is 0 Å². The molecule has 19 heavy (non-hydrogen) atoms. The monoisotopic (exact) mass is 270 g/mol. The SMILES string of the molecule is O=NC(CCCCCCC(=O)NO)C1CCCCC1. The number of carbonyl (C=O) groups excluding carboxylic acids is 1. The van der Waals surface area contributed by atoms with Crippen molar-refractivity contribution in [2.45, 2.75) is 76.7 Å². The van der Waals surface area contributed by atoms with Gasteiger partial charge >= 0.3 is 0 Å². The number of amides is 1. The summed E-state index contributed by atoms with van der Waals surface area (Å²) in [6, 6.07) is 0.000963. The number of unbranched alkanes of at least 4 members (excludes halogenated alkanes) is 3. The van der Waals surface area contributed by atoms with Gasteiger partial charge in [-0.15, -0.1) is 0 Å². The van der Waals surface area contributed by atoms with E-state index in [1.807, 2.05) is 0 Å². The topological polar surface area (TPSA) is 78.8 Å². The fraction of sp³-hybridized carbons (Fsp3) is 0.929. The van der Waals surface area contributed by atoms with Gasteiger partial charge in [-0.25, -0.2) is 5.48 Å². The van der Waals surface area contributed by atoms with E-state index < -0.39 is 0 Å². The summed E-state index contributed by atoms with van der Waals surface area (Å²) >= 11 is 0. The average molecular weight is 270 g/mol. The first-order chi connectivity index (χ1) is 9.27. The van der Waals surface area contributed by atoms with Crippen LogP contribution in [-0.2, 0) is 4.79 Å². The van der Waals surface area contributed by atoms with E-state index in [1.165, 1.54) is 19.3 Å². The van der Waals surface area contributed by atoms with Crippen molar-refractivity contribution < 1.29 is 10.0 Å². The van der Waals surface area contributed by atoms with Gasteiger partial charge in [0.1, 0.15) is 0 Å². The van der Waals surface area contributed by atoms with Crippen LogP contribution < -0.4 is 5.48 Å². The molecule has 0 aromatic rings. The number of nitrogens with zero attached hydrogens (tertiary/aromatic N) is 1. The lowest BCUT2D eigenvalue weighted by atomic mass is 9.82. The average Bonchev–Trinajstić information content (AvgIpc) is 2.47. The van der Waals surface area contributed by atoms with Crippen molar-refractivity contribution in [2.24, 2.45) is 11.1 Å².